The molecule has 0 spiro atoms. The van der Waals surface area contributed by atoms with Gasteiger partial charge in [0, 0.05) is 18.8 Å². The third-order valence-electron chi connectivity index (χ3n) is 5.19. The van der Waals surface area contributed by atoms with Gasteiger partial charge in [-0.15, -0.1) is 15.3 Å². The summed E-state index contributed by atoms with van der Waals surface area (Å²) in [6.45, 7) is 2.75. The van der Waals surface area contributed by atoms with Crippen LogP contribution in [0.1, 0.15) is 40.8 Å². The van der Waals surface area contributed by atoms with Gasteiger partial charge in [-0.2, -0.15) is 4.80 Å². The van der Waals surface area contributed by atoms with Gasteiger partial charge in [0.25, 0.3) is 0 Å². The number of Topliss-reactive ketones (excluding diaryl/α,β-unsaturated/α-hetero) is 2. The monoisotopic (exact) mass is 438 g/mol. The molecule has 0 radical (unpaired) electrons. The van der Waals surface area contributed by atoms with Crippen LogP contribution in [0, 0.1) is 0 Å². The second-order valence-corrected chi connectivity index (χ2v) is 7.74. The van der Waals surface area contributed by atoms with E-state index in [1.807, 2.05) is 6.07 Å². The molecule has 1 aliphatic heterocycles. The fraction of sp³-hybridized carbons (Fsp3) is 0.421. The van der Waals surface area contributed by atoms with Crippen LogP contribution >= 0.6 is 0 Å². The third kappa shape index (κ3) is 4.89. The number of nitrogens with two attached hydrogens (primary N) is 1. The number of ketones is 2. The first-order valence-corrected chi connectivity index (χ1v) is 10.3. The molecule has 0 bridgehead atoms. The molecule has 3 N–H and O–H groups in total. The fourth-order valence-electron chi connectivity index (χ4n) is 3.69. The van der Waals surface area contributed by atoms with Crippen molar-refractivity contribution >= 4 is 18.7 Å². The smallest absolute Gasteiger partial charge is 0.526 e. The Morgan fingerprint density at radius 3 is 2.94 bits per heavy atom. The average molecular weight is 438 g/mol. The van der Waals surface area contributed by atoms with Gasteiger partial charge in [0.1, 0.15) is 23.8 Å². The van der Waals surface area contributed by atoms with Gasteiger partial charge in [0.05, 0.1) is 24.7 Å². The number of benzene rings is 1. The molecule has 3 aromatic rings. The van der Waals surface area contributed by atoms with E-state index in [4.69, 9.17) is 10.4 Å². The number of hydrogen-bond donors (Lipinski definition) is 2. The lowest BCUT2D eigenvalue weighted by molar-refractivity contribution is -0.118. The van der Waals surface area contributed by atoms with E-state index in [-0.39, 0.29) is 36.8 Å². The van der Waals surface area contributed by atoms with Crippen molar-refractivity contribution in [2.45, 2.75) is 45.1 Å². The highest BCUT2D eigenvalue weighted by Crippen LogP contribution is 2.36. The molecule has 1 aromatic carbocycles. The summed E-state index contributed by atoms with van der Waals surface area (Å²) in [5.41, 5.74) is 7.37. The molecule has 166 valence electrons. The molecule has 12 nitrogen and oxygen atoms in total. The Morgan fingerprint density at radius 1 is 1.31 bits per heavy atom. The minimum Gasteiger partial charge on any atom is -0.535 e. The van der Waals surface area contributed by atoms with Gasteiger partial charge >= 0.3 is 7.12 Å². The van der Waals surface area contributed by atoms with E-state index in [0.717, 1.165) is 5.56 Å². The van der Waals surface area contributed by atoms with Crippen molar-refractivity contribution in [1.29, 1.82) is 0 Å². The average Bonchev–Trinajstić information content (AvgIpc) is 3.38. The molecule has 0 unspecified atom stereocenters. The van der Waals surface area contributed by atoms with Crippen molar-refractivity contribution in [3.8, 4) is 5.75 Å². The molecule has 0 amide bonds. The molecule has 4 rings (SSSR count). The van der Waals surface area contributed by atoms with E-state index < -0.39 is 12.9 Å². The van der Waals surface area contributed by atoms with Crippen molar-refractivity contribution in [1.82, 2.24) is 35.2 Å². The highest BCUT2D eigenvalue weighted by molar-refractivity contribution is 6.47. The van der Waals surface area contributed by atoms with Crippen LogP contribution < -0.4 is 10.4 Å². The summed E-state index contributed by atoms with van der Waals surface area (Å²) in [5, 5.41) is 30.5. The quantitative estimate of drug-likeness (QED) is 0.328. The molecule has 1 atom stereocenters. The summed E-state index contributed by atoms with van der Waals surface area (Å²) in [6, 6.07) is 5.27. The maximum absolute atomic E-state index is 12.6. The minimum absolute atomic E-state index is 0.0105. The van der Waals surface area contributed by atoms with Crippen LogP contribution in [0.4, 0.5) is 0 Å². The third-order valence-corrected chi connectivity index (χ3v) is 5.19. The van der Waals surface area contributed by atoms with Crippen LogP contribution in [0.25, 0.3) is 0 Å². The fourth-order valence-corrected chi connectivity index (χ4v) is 3.69. The first kappa shape index (κ1) is 21.8. The van der Waals surface area contributed by atoms with Gasteiger partial charge in [-0.3, -0.25) is 14.3 Å². The van der Waals surface area contributed by atoms with Crippen molar-refractivity contribution in [3.05, 3.63) is 47.0 Å². The zero-order valence-electron chi connectivity index (χ0n) is 17.6. The molecular formula is C19H23BN8O4. The predicted octanol–water partition coefficient (Wildman–Crippen LogP) is -0.538. The number of tetrazole rings is 1. The lowest BCUT2D eigenvalue weighted by atomic mass is 9.64. The van der Waals surface area contributed by atoms with Crippen molar-refractivity contribution < 1.29 is 19.3 Å². The lowest BCUT2D eigenvalue weighted by Gasteiger charge is -2.28. The molecule has 0 saturated carbocycles. The molecule has 32 heavy (non-hydrogen) atoms. The predicted molar refractivity (Wildman–Crippen MR) is 112 cm³/mol. The zero-order valence-corrected chi connectivity index (χ0v) is 17.6. The number of rotatable bonds is 9. The summed E-state index contributed by atoms with van der Waals surface area (Å²) >= 11 is 0. The second-order valence-electron chi connectivity index (χ2n) is 7.74. The number of carbonyl (C=O) groups excluding carboxylic acids is 2. The minimum atomic E-state index is -1.17. The SMILES string of the molecule is CC(=O)c1cccc2c1OB(O)[C@@H](CC(=O)Cc1nnn(Cc3cn(CCN)nn3)n1)C2. The van der Waals surface area contributed by atoms with E-state index >= 15 is 0 Å². The highest BCUT2D eigenvalue weighted by Gasteiger charge is 2.37. The molecule has 3 heterocycles. The summed E-state index contributed by atoms with van der Waals surface area (Å²) in [7, 11) is -1.17. The normalized spacial score (nSPS) is 15.3. The zero-order chi connectivity index (χ0) is 22.7. The molecule has 1 aliphatic rings. The van der Waals surface area contributed by atoms with E-state index in [0.29, 0.717) is 36.5 Å². The Bertz CT molecular complexity index is 1130. The summed E-state index contributed by atoms with van der Waals surface area (Å²) < 4.78 is 7.22. The highest BCUT2D eigenvalue weighted by atomic mass is 16.5. The molecular weight excluding hydrogens is 415 g/mol. The Hall–Kier alpha value is -3.45. The van der Waals surface area contributed by atoms with Crippen molar-refractivity contribution in [2.75, 3.05) is 6.54 Å². The van der Waals surface area contributed by atoms with E-state index in [9.17, 15) is 14.6 Å². The number of para-hydroxylation sites is 1. The number of carbonyl (C=O) groups is 2. The van der Waals surface area contributed by atoms with Gasteiger partial charge in [-0.05, 0) is 30.2 Å². The van der Waals surface area contributed by atoms with Crippen LogP contribution in [-0.2, 0) is 30.7 Å². The first-order chi connectivity index (χ1) is 15.4. The first-order valence-electron chi connectivity index (χ1n) is 10.3. The summed E-state index contributed by atoms with van der Waals surface area (Å²) in [5.74, 6) is -0.0270. The lowest BCUT2D eigenvalue weighted by Crippen LogP contribution is -2.36. The molecule has 0 saturated heterocycles. The molecule has 0 fully saturated rings. The molecule has 13 heteroatoms. The van der Waals surface area contributed by atoms with Crippen LogP contribution in [0.15, 0.2) is 24.4 Å². The van der Waals surface area contributed by atoms with Crippen molar-refractivity contribution in [2.24, 2.45) is 5.73 Å². The topological polar surface area (TPSA) is 164 Å². The number of hydrogen-bond acceptors (Lipinski definition) is 10. The summed E-state index contributed by atoms with van der Waals surface area (Å²) in [4.78, 5) is 25.7. The van der Waals surface area contributed by atoms with Crippen molar-refractivity contribution in [3.63, 3.8) is 0 Å². The van der Waals surface area contributed by atoms with Crippen LogP contribution in [0.2, 0.25) is 5.82 Å². The number of fused-ring (bicyclic) bond motifs is 1. The van der Waals surface area contributed by atoms with E-state index in [1.54, 1.807) is 23.0 Å². The van der Waals surface area contributed by atoms with Gasteiger partial charge < -0.3 is 15.4 Å². The van der Waals surface area contributed by atoms with E-state index in [1.165, 1.54) is 11.7 Å². The maximum Gasteiger partial charge on any atom is 0.526 e. The van der Waals surface area contributed by atoms with Gasteiger partial charge in [0.2, 0.25) is 0 Å². The molecule has 2 aromatic heterocycles. The molecule has 0 aliphatic carbocycles. The Morgan fingerprint density at radius 2 is 2.16 bits per heavy atom. The van der Waals surface area contributed by atoms with Crippen LogP contribution in [0.3, 0.4) is 0 Å². The van der Waals surface area contributed by atoms with Gasteiger partial charge in [-0.25, -0.2) is 0 Å². The standard InChI is InChI=1S/C19H23BN8O4/c1-12(29)17-4-2-3-13-7-14(20(31)32-19(13)17)8-16(30)9-18-23-26-28(24-18)11-15-10-27(6-5-21)25-22-15/h2-4,10,14,31H,5-9,11,21H2,1H3/t14-/m1/s1. The Kier molecular flexibility index (Phi) is 6.37. The Labute approximate surface area is 183 Å². The maximum atomic E-state index is 12.6. The largest absolute Gasteiger partial charge is 0.535 e. The Balaban J connectivity index is 1.35. The summed E-state index contributed by atoms with van der Waals surface area (Å²) in [6.07, 6.45) is 2.26. The van der Waals surface area contributed by atoms with E-state index in [2.05, 4.69) is 25.7 Å². The number of aromatic nitrogens is 7. The number of nitrogens with zero attached hydrogens (tertiary/aromatic N) is 7. The van der Waals surface area contributed by atoms with Crippen LogP contribution in [-0.4, -0.2) is 65.5 Å². The van der Waals surface area contributed by atoms with Gasteiger partial charge in [-0.1, -0.05) is 17.3 Å². The second kappa shape index (κ2) is 9.36. The van der Waals surface area contributed by atoms with Crippen LogP contribution in [0.5, 0.6) is 5.75 Å². The van der Waals surface area contributed by atoms with Gasteiger partial charge in [0.15, 0.2) is 11.6 Å².